The molecule has 0 atom stereocenters. The van der Waals surface area contributed by atoms with Gasteiger partial charge in [0.05, 0.1) is 0 Å². The molecular weight excluding hydrogens is 545 g/mol. The van der Waals surface area contributed by atoms with E-state index in [1.165, 1.54) is 25.1 Å². The molecule has 0 unspecified atom stereocenters. The minimum atomic E-state index is -4.78. The molecule has 0 heterocycles. The van der Waals surface area contributed by atoms with Gasteiger partial charge in [0.2, 0.25) is 5.91 Å². The van der Waals surface area contributed by atoms with Crippen LogP contribution in [-0.4, -0.2) is 25.4 Å². The van der Waals surface area contributed by atoms with Crippen LogP contribution >= 0.6 is 0 Å². The smallest absolute Gasteiger partial charge is 0.489 e. The molecule has 0 bridgehead atoms. The van der Waals surface area contributed by atoms with Gasteiger partial charge in [0.1, 0.15) is 30.5 Å². The highest BCUT2D eigenvalue weighted by Crippen LogP contribution is 2.30. The van der Waals surface area contributed by atoms with Crippen LogP contribution in [-0.2, 0) is 24.6 Å². The molecular formula is C33H33F3N2O4. The number of hydrogen-bond donors (Lipinski definition) is 2. The van der Waals surface area contributed by atoms with Crippen LogP contribution in [0.1, 0.15) is 29.2 Å². The summed E-state index contributed by atoms with van der Waals surface area (Å²) in [5, 5.41) is 5.99. The summed E-state index contributed by atoms with van der Waals surface area (Å²) in [4.78, 5) is 11.1. The van der Waals surface area contributed by atoms with Crippen molar-refractivity contribution >= 4 is 5.91 Å². The molecule has 0 spiro atoms. The van der Waals surface area contributed by atoms with Gasteiger partial charge in [0.15, 0.2) is 0 Å². The van der Waals surface area contributed by atoms with Crippen LogP contribution in [0.25, 0.3) is 11.1 Å². The molecule has 0 aliphatic rings. The zero-order valence-corrected chi connectivity index (χ0v) is 23.5. The van der Waals surface area contributed by atoms with Crippen molar-refractivity contribution in [2.45, 2.75) is 40.0 Å². The first kappa shape index (κ1) is 30.5. The first-order valence-corrected chi connectivity index (χ1v) is 13.5. The first-order chi connectivity index (χ1) is 20.2. The summed E-state index contributed by atoms with van der Waals surface area (Å²) in [5.74, 6) is 0.694. The summed E-state index contributed by atoms with van der Waals surface area (Å²) < 4.78 is 54.3. The molecule has 0 aliphatic heterocycles. The third-order valence-corrected chi connectivity index (χ3v) is 6.48. The summed E-state index contributed by atoms with van der Waals surface area (Å²) in [7, 11) is 0. The van der Waals surface area contributed by atoms with E-state index in [1.54, 1.807) is 12.1 Å². The van der Waals surface area contributed by atoms with Gasteiger partial charge in [0.25, 0.3) is 0 Å². The van der Waals surface area contributed by atoms with Crippen molar-refractivity contribution in [2.75, 3.05) is 13.1 Å². The van der Waals surface area contributed by atoms with Gasteiger partial charge in [-0.05, 0) is 52.9 Å². The van der Waals surface area contributed by atoms with Gasteiger partial charge in [-0.3, -0.25) is 4.79 Å². The van der Waals surface area contributed by atoms with E-state index in [2.05, 4.69) is 40.5 Å². The number of amides is 1. The van der Waals surface area contributed by atoms with Crippen LogP contribution in [0.2, 0.25) is 0 Å². The van der Waals surface area contributed by atoms with Crippen molar-refractivity contribution in [3.8, 4) is 28.4 Å². The Hall–Kier alpha value is -4.50. The number of halogens is 3. The normalized spacial score (nSPS) is 11.2. The van der Waals surface area contributed by atoms with Crippen LogP contribution in [0.5, 0.6) is 17.2 Å². The molecule has 1 amide bonds. The summed E-state index contributed by atoms with van der Waals surface area (Å²) >= 11 is 0. The lowest BCUT2D eigenvalue weighted by molar-refractivity contribution is -0.274. The van der Waals surface area contributed by atoms with E-state index in [1.807, 2.05) is 42.5 Å². The summed E-state index contributed by atoms with van der Waals surface area (Å²) in [6.07, 6.45) is -4.78. The molecule has 42 heavy (non-hydrogen) atoms. The fourth-order valence-electron chi connectivity index (χ4n) is 4.38. The Kier molecular flexibility index (Phi) is 10.4. The zero-order chi connectivity index (χ0) is 30.0. The van der Waals surface area contributed by atoms with Crippen molar-refractivity contribution in [3.63, 3.8) is 0 Å². The SMILES string of the molecule is CC(=O)NCCNCc1ccc(OCc2cccc(-c3ccccc3)c2C)cc1OCc1cccc(OC(F)(F)F)c1. The second-order valence-electron chi connectivity index (χ2n) is 9.66. The Morgan fingerprint density at radius 2 is 1.57 bits per heavy atom. The quantitative estimate of drug-likeness (QED) is 0.168. The number of benzene rings is 4. The van der Waals surface area contributed by atoms with Crippen LogP contribution < -0.4 is 24.8 Å². The summed E-state index contributed by atoms with van der Waals surface area (Å²) in [5.41, 5.74) is 5.78. The minimum Gasteiger partial charge on any atom is -0.489 e. The van der Waals surface area contributed by atoms with Crippen LogP contribution in [0.4, 0.5) is 13.2 Å². The lowest BCUT2D eigenvalue weighted by atomic mass is 9.97. The number of rotatable bonds is 13. The third-order valence-electron chi connectivity index (χ3n) is 6.48. The molecule has 2 N–H and O–H groups in total. The van der Waals surface area contributed by atoms with E-state index in [9.17, 15) is 18.0 Å². The molecule has 4 aromatic rings. The van der Waals surface area contributed by atoms with Gasteiger partial charge in [0, 0.05) is 38.2 Å². The molecule has 9 heteroatoms. The Balaban J connectivity index is 1.48. The summed E-state index contributed by atoms with van der Waals surface area (Å²) in [6, 6.07) is 27.5. The fraction of sp³-hybridized carbons (Fsp3) is 0.242. The van der Waals surface area contributed by atoms with E-state index in [4.69, 9.17) is 9.47 Å². The Morgan fingerprint density at radius 3 is 2.33 bits per heavy atom. The molecule has 6 nitrogen and oxygen atoms in total. The average molecular weight is 579 g/mol. The van der Waals surface area contributed by atoms with Gasteiger partial charge >= 0.3 is 6.36 Å². The van der Waals surface area contributed by atoms with Gasteiger partial charge < -0.3 is 24.8 Å². The lowest BCUT2D eigenvalue weighted by Gasteiger charge is -2.16. The van der Waals surface area contributed by atoms with Crippen molar-refractivity contribution in [2.24, 2.45) is 0 Å². The van der Waals surface area contributed by atoms with Gasteiger partial charge in [-0.15, -0.1) is 13.2 Å². The van der Waals surface area contributed by atoms with Crippen molar-refractivity contribution < 1.29 is 32.2 Å². The maximum atomic E-state index is 12.7. The maximum absolute atomic E-state index is 12.7. The number of ether oxygens (including phenoxy) is 3. The summed E-state index contributed by atoms with van der Waals surface area (Å²) in [6.45, 7) is 5.36. The minimum absolute atomic E-state index is 0.0234. The van der Waals surface area contributed by atoms with Gasteiger partial charge in [-0.2, -0.15) is 0 Å². The largest absolute Gasteiger partial charge is 0.573 e. The van der Waals surface area contributed by atoms with Crippen molar-refractivity contribution in [3.05, 3.63) is 113 Å². The molecule has 0 aromatic heterocycles. The topological polar surface area (TPSA) is 68.8 Å². The molecule has 0 saturated carbocycles. The highest BCUT2D eigenvalue weighted by molar-refractivity contribution is 5.72. The highest BCUT2D eigenvalue weighted by Gasteiger charge is 2.31. The Labute approximate surface area is 243 Å². The predicted octanol–water partition coefficient (Wildman–Crippen LogP) is 6.94. The van der Waals surface area contributed by atoms with E-state index in [-0.39, 0.29) is 18.3 Å². The second-order valence-corrected chi connectivity index (χ2v) is 9.66. The Morgan fingerprint density at radius 1 is 0.786 bits per heavy atom. The number of carbonyl (C=O) groups excluding carboxylic acids is 1. The number of carbonyl (C=O) groups is 1. The molecule has 4 rings (SSSR count). The van der Waals surface area contributed by atoms with Crippen LogP contribution in [0.3, 0.4) is 0 Å². The van der Waals surface area contributed by atoms with Gasteiger partial charge in [-0.25, -0.2) is 0 Å². The Bertz CT molecular complexity index is 1480. The molecule has 0 aliphatic carbocycles. The number of nitrogens with one attached hydrogen (secondary N) is 2. The zero-order valence-electron chi connectivity index (χ0n) is 23.5. The molecule has 0 saturated heterocycles. The van der Waals surface area contributed by atoms with E-state index >= 15 is 0 Å². The lowest BCUT2D eigenvalue weighted by Crippen LogP contribution is -2.30. The van der Waals surface area contributed by atoms with Crippen molar-refractivity contribution in [1.29, 1.82) is 0 Å². The van der Waals surface area contributed by atoms with Crippen LogP contribution in [0.15, 0.2) is 91.0 Å². The molecule has 4 aromatic carbocycles. The molecule has 0 radical (unpaired) electrons. The maximum Gasteiger partial charge on any atom is 0.573 e. The second kappa shape index (κ2) is 14.4. The van der Waals surface area contributed by atoms with E-state index in [0.29, 0.717) is 43.3 Å². The predicted molar refractivity (Wildman–Crippen MR) is 155 cm³/mol. The third kappa shape index (κ3) is 9.27. The molecule has 220 valence electrons. The average Bonchev–Trinajstić information content (AvgIpc) is 2.95. The first-order valence-electron chi connectivity index (χ1n) is 13.5. The van der Waals surface area contributed by atoms with E-state index < -0.39 is 6.36 Å². The fourth-order valence-corrected chi connectivity index (χ4v) is 4.38. The molecule has 0 fully saturated rings. The standard InChI is InChI=1S/C33H33F3N2O4/c1-23-28(11-7-13-31(23)26-9-4-3-5-10-26)22-40-29-15-14-27(20-37-16-17-38-24(2)39)32(19-29)41-21-25-8-6-12-30(18-25)42-33(34,35)36/h3-15,18-19,37H,16-17,20-22H2,1-2H3,(H,38,39). The van der Waals surface area contributed by atoms with Crippen LogP contribution in [0, 0.1) is 6.92 Å². The van der Waals surface area contributed by atoms with Gasteiger partial charge in [-0.1, -0.05) is 66.7 Å². The monoisotopic (exact) mass is 578 g/mol. The van der Waals surface area contributed by atoms with E-state index in [0.717, 1.165) is 27.8 Å². The highest BCUT2D eigenvalue weighted by atomic mass is 19.4. The van der Waals surface area contributed by atoms with Crippen molar-refractivity contribution in [1.82, 2.24) is 10.6 Å². The number of alkyl halides is 3. The number of hydrogen-bond acceptors (Lipinski definition) is 5.